The Bertz CT molecular complexity index is 834. The molecule has 5 heteroatoms. The highest BCUT2D eigenvalue weighted by Crippen LogP contribution is 2.37. The lowest BCUT2D eigenvalue weighted by atomic mass is 9.92. The minimum atomic E-state index is -0.167. The van der Waals surface area contributed by atoms with Crippen LogP contribution < -0.4 is 10.2 Å². The number of ether oxygens (including phenoxy) is 1. The Hall–Kier alpha value is -2.20. The smallest absolute Gasteiger partial charge is 0.306 e. The van der Waals surface area contributed by atoms with Gasteiger partial charge in [-0.05, 0) is 79.5 Å². The maximum atomic E-state index is 11.9. The zero-order chi connectivity index (χ0) is 21.5. The Morgan fingerprint density at radius 3 is 2.53 bits per heavy atom. The zero-order valence-corrected chi connectivity index (χ0v) is 19.0. The Kier molecular flexibility index (Phi) is 8.03. The lowest BCUT2D eigenvalue weighted by Gasteiger charge is -2.28. The largest absolute Gasteiger partial charge is 0.469 e. The molecule has 0 amide bonds. The van der Waals surface area contributed by atoms with E-state index >= 15 is 0 Å². The first-order valence-electron chi connectivity index (χ1n) is 11.0. The van der Waals surface area contributed by atoms with Crippen molar-refractivity contribution >= 4 is 34.6 Å². The highest BCUT2D eigenvalue weighted by atomic mass is 35.5. The molecule has 3 rings (SSSR count). The Morgan fingerprint density at radius 1 is 1.20 bits per heavy atom. The monoisotopic (exact) mass is 428 g/mol. The van der Waals surface area contributed by atoms with Crippen LogP contribution in [0.2, 0.25) is 5.02 Å². The third kappa shape index (κ3) is 6.15. The lowest BCUT2D eigenvalue weighted by Crippen LogP contribution is -2.27. The van der Waals surface area contributed by atoms with E-state index in [1.54, 1.807) is 0 Å². The van der Waals surface area contributed by atoms with E-state index in [9.17, 15) is 4.79 Å². The number of hydrogen-bond acceptors (Lipinski definition) is 4. The standard InChI is InChI=1S/C25H33ClN2O2/c1-4-14-28(17-18-6-7-18)24-13-8-20(19(5-2)16-25(29)30-3)15-23(24)27-22-11-9-21(26)10-12-22/h8-13,15,18-19,27H,4-7,14,16-17H2,1-3H3. The summed E-state index contributed by atoms with van der Waals surface area (Å²) in [5, 5.41) is 4.32. The summed E-state index contributed by atoms with van der Waals surface area (Å²) in [6.07, 6.45) is 5.04. The number of anilines is 3. The van der Waals surface area contributed by atoms with Crippen LogP contribution in [0.1, 0.15) is 57.4 Å². The van der Waals surface area contributed by atoms with Crippen molar-refractivity contribution in [1.82, 2.24) is 0 Å². The molecule has 0 spiro atoms. The first-order valence-corrected chi connectivity index (χ1v) is 11.4. The average molecular weight is 429 g/mol. The molecule has 1 aliphatic carbocycles. The number of hydrogen-bond donors (Lipinski definition) is 1. The molecule has 1 aliphatic rings. The second-order valence-corrected chi connectivity index (χ2v) is 8.62. The van der Waals surface area contributed by atoms with Gasteiger partial charge in [-0.15, -0.1) is 0 Å². The summed E-state index contributed by atoms with van der Waals surface area (Å²) < 4.78 is 4.91. The predicted octanol–water partition coefficient (Wildman–Crippen LogP) is 6.77. The van der Waals surface area contributed by atoms with Crippen molar-refractivity contribution in [2.24, 2.45) is 5.92 Å². The molecule has 0 saturated heterocycles. The van der Waals surface area contributed by atoms with Crippen molar-refractivity contribution in [3.05, 3.63) is 53.1 Å². The third-order valence-corrected chi connectivity index (χ3v) is 6.01. The topological polar surface area (TPSA) is 41.6 Å². The first kappa shape index (κ1) is 22.5. The number of rotatable bonds is 11. The van der Waals surface area contributed by atoms with Crippen molar-refractivity contribution < 1.29 is 9.53 Å². The third-order valence-electron chi connectivity index (χ3n) is 5.76. The highest BCUT2D eigenvalue weighted by Gasteiger charge is 2.26. The van der Waals surface area contributed by atoms with E-state index < -0.39 is 0 Å². The van der Waals surface area contributed by atoms with Crippen LogP contribution >= 0.6 is 11.6 Å². The predicted molar refractivity (Wildman–Crippen MR) is 126 cm³/mol. The van der Waals surface area contributed by atoms with Gasteiger partial charge >= 0.3 is 5.97 Å². The van der Waals surface area contributed by atoms with Gasteiger partial charge in [-0.1, -0.05) is 31.5 Å². The zero-order valence-electron chi connectivity index (χ0n) is 18.3. The fourth-order valence-corrected chi connectivity index (χ4v) is 3.97. The van der Waals surface area contributed by atoms with Crippen LogP contribution in [-0.4, -0.2) is 26.2 Å². The molecule has 4 nitrogen and oxygen atoms in total. The van der Waals surface area contributed by atoms with Gasteiger partial charge in [0.15, 0.2) is 0 Å². The van der Waals surface area contributed by atoms with Gasteiger partial charge in [0.1, 0.15) is 0 Å². The molecule has 0 bridgehead atoms. The van der Waals surface area contributed by atoms with Gasteiger partial charge in [0.05, 0.1) is 24.9 Å². The average Bonchev–Trinajstić information content (AvgIpc) is 3.57. The van der Waals surface area contributed by atoms with Crippen molar-refractivity contribution in [1.29, 1.82) is 0 Å². The highest BCUT2D eigenvalue weighted by molar-refractivity contribution is 6.30. The molecule has 1 fully saturated rings. The molecule has 1 unspecified atom stereocenters. The molecule has 0 aliphatic heterocycles. The second kappa shape index (κ2) is 10.7. The first-order chi connectivity index (χ1) is 14.5. The summed E-state index contributed by atoms with van der Waals surface area (Å²) in [5.41, 5.74) is 4.45. The van der Waals surface area contributed by atoms with Gasteiger partial charge in [-0.3, -0.25) is 4.79 Å². The number of carbonyl (C=O) groups is 1. The Morgan fingerprint density at radius 2 is 1.93 bits per heavy atom. The number of carbonyl (C=O) groups excluding carboxylic acids is 1. The van der Waals surface area contributed by atoms with Crippen molar-refractivity contribution in [2.75, 3.05) is 30.4 Å². The minimum absolute atomic E-state index is 0.139. The molecule has 0 heterocycles. The van der Waals surface area contributed by atoms with E-state index in [0.717, 1.165) is 53.8 Å². The van der Waals surface area contributed by atoms with Crippen molar-refractivity contribution in [2.45, 2.75) is 51.9 Å². The summed E-state index contributed by atoms with van der Waals surface area (Å²) in [6.45, 7) is 6.47. The molecular formula is C25H33ClN2O2. The number of nitrogens with zero attached hydrogens (tertiary/aromatic N) is 1. The summed E-state index contributed by atoms with van der Waals surface area (Å²) >= 11 is 6.07. The molecule has 0 radical (unpaired) electrons. The van der Waals surface area contributed by atoms with Crippen molar-refractivity contribution in [3.63, 3.8) is 0 Å². The molecule has 162 valence electrons. The van der Waals surface area contributed by atoms with Gasteiger partial charge in [0.25, 0.3) is 0 Å². The van der Waals surface area contributed by atoms with Crippen LogP contribution in [0.5, 0.6) is 0 Å². The van der Waals surface area contributed by atoms with Gasteiger partial charge in [0, 0.05) is 23.8 Å². The molecule has 0 aromatic heterocycles. The van der Waals surface area contributed by atoms with Crippen molar-refractivity contribution in [3.8, 4) is 0 Å². The SMILES string of the molecule is CCCN(CC1CC1)c1ccc(C(CC)CC(=O)OC)cc1Nc1ccc(Cl)cc1. The quantitative estimate of drug-likeness (QED) is 0.401. The van der Waals surface area contributed by atoms with Crippen LogP contribution in [0.3, 0.4) is 0 Å². The summed E-state index contributed by atoms with van der Waals surface area (Å²) in [6, 6.07) is 14.4. The Balaban J connectivity index is 1.95. The maximum absolute atomic E-state index is 11.9. The van der Waals surface area contributed by atoms with Crippen LogP contribution in [0.25, 0.3) is 0 Å². The normalized spacial score (nSPS) is 14.3. The van der Waals surface area contributed by atoms with E-state index in [4.69, 9.17) is 16.3 Å². The molecule has 1 saturated carbocycles. The van der Waals surface area contributed by atoms with Crippen LogP contribution in [0.4, 0.5) is 17.1 Å². The maximum Gasteiger partial charge on any atom is 0.306 e. The number of halogens is 1. The molecule has 2 aromatic carbocycles. The summed E-state index contributed by atoms with van der Waals surface area (Å²) in [7, 11) is 1.45. The van der Waals surface area contributed by atoms with Crippen LogP contribution in [0.15, 0.2) is 42.5 Å². The Labute approximate surface area is 185 Å². The van der Waals surface area contributed by atoms with E-state index in [-0.39, 0.29) is 11.9 Å². The van der Waals surface area contributed by atoms with E-state index in [1.807, 2.05) is 24.3 Å². The van der Waals surface area contributed by atoms with E-state index in [2.05, 4.69) is 42.3 Å². The second-order valence-electron chi connectivity index (χ2n) is 8.18. The van der Waals surface area contributed by atoms with Crippen LogP contribution in [0, 0.1) is 5.92 Å². The molecular weight excluding hydrogens is 396 g/mol. The van der Waals surface area contributed by atoms with E-state index in [0.29, 0.717) is 6.42 Å². The van der Waals surface area contributed by atoms with Gasteiger partial charge in [-0.2, -0.15) is 0 Å². The lowest BCUT2D eigenvalue weighted by molar-refractivity contribution is -0.141. The van der Waals surface area contributed by atoms with E-state index in [1.165, 1.54) is 25.6 Å². The molecule has 30 heavy (non-hydrogen) atoms. The fourth-order valence-electron chi connectivity index (χ4n) is 3.85. The number of methoxy groups -OCH3 is 1. The summed E-state index contributed by atoms with van der Waals surface area (Å²) in [5.74, 6) is 0.780. The number of esters is 1. The molecule has 1 atom stereocenters. The number of nitrogens with one attached hydrogen (secondary N) is 1. The fraction of sp³-hybridized carbons (Fsp3) is 0.480. The number of benzene rings is 2. The van der Waals surface area contributed by atoms with Gasteiger partial charge < -0.3 is 15.0 Å². The molecule has 1 N–H and O–H groups in total. The summed E-state index contributed by atoms with van der Waals surface area (Å²) in [4.78, 5) is 14.4. The van der Waals surface area contributed by atoms with Gasteiger partial charge in [-0.25, -0.2) is 0 Å². The molecule has 2 aromatic rings. The van der Waals surface area contributed by atoms with Gasteiger partial charge in [0.2, 0.25) is 0 Å². The van der Waals surface area contributed by atoms with Crippen LogP contribution in [-0.2, 0) is 9.53 Å². The minimum Gasteiger partial charge on any atom is -0.469 e.